The van der Waals surface area contributed by atoms with Crippen LogP contribution in [0, 0.1) is 0 Å². The predicted octanol–water partition coefficient (Wildman–Crippen LogP) is 3.82. The smallest absolute Gasteiger partial charge is 0.343 e. The minimum Gasteiger partial charge on any atom is -0.493 e. The van der Waals surface area contributed by atoms with Gasteiger partial charge in [0.25, 0.3) is 5.91 Å². The van der Waals surface area contributed by atoms with Gasteiger partial charge in [0.05, 0.1) is 18.2 Å². The third-order valence-corrected chi connectivity index (χ3v) is 6.91. The van der Waals surface area contributed by atoms with Gasteiger partial charge < -0.3 is 25.0 Å². The van der Waals surface area contributed by atoms with Crippen molar-refractivity contribution >= 4 is 28.2 Å². The first-order valence-corrected chi connectivity index (χ1v) is 11.2. The second-order valence-corrected chi connectivity index (χ2v) is 9.02. The van der Waals surface area contributed by atoms with Crippen LogP contribution in [0.1, 0.15) is 42.9 Å². The number of hydrogen-bond acceptors (Lipinski definition) is 7. The zero-order chi connectivity index (χ0) is 22.2. The third kappa shape index (κ3) is 3.72. The van der Waals surface area contributed by atoms with Gasteiger partial charge in [-0.1, -0.05) is 24.3 Å². The molecule has 0 aliphatic carbocycles. The summed E-state index contributed by atoms with van der Waals surface area (Å²) in [5, 5.41) is 7.41. The number of ether oxygens (including phenoxy) is 2. The van der Waals surface area contributed by atoms with E-state index in [2.05, 4.69) is 22.6 Å². The second kappa shape index (κ2) is 8.29. The molecule has 0 unspecified atom stereocenters. The molecule has 0 saturated heterocycles. The number of amides is 1. The van der Waals surface area contributed by atoms with Gasteiger partial charge in [0.15, 0.2) is 11.5 Å². The van der Waals surface area contributed by atoms with E-state index in [1.165, 1.54) is 12.0 Å². The molecule has 5 rings (SSSR count). The fourth-order valence-corrected chi connectivity index (χ4v) is 5.44. The Balaban J connectivity index is 1.39. The molecule has 2 aliphatic rings. The molecule has 3 heterocycles. The number of anilines is 1. The number of nitrogens with one attached hydrogen (secondary N) is 2. The number of likely N-dealkylation sites (N-methyl/N-ethyl adjacent to an activating group) is 1. The van der Waals surface area contributed by atoms with Crippen LogP contribution in [0.5, 0.6) is 11.5 Å². The van der Waals surface area contributed by atoms with Crippen molar-refractivity contribution in [3.05, 3.63) is 75.7 Å². The molecule has 0 saturated carbocycles. The summed E-state index contributed by atoms with van der Waals surface area (Å²) in [6, 6.07) is 14.1. The molecule has 0 bridgehead atoms. The van der Waals surface area contributed by atoms with E-state index in [4.69, 9.17) is 9.47 Å². The van der Waals surface area contributed by atoms with Gasteiger partial charge in [-0.15, -0.1) is 11.3 Å². The molecule has 7 nitrogen and oxygen atoms in total. The lowest BCUT2D eigenvalue weighted by Gasteiger charge is -2.27. The largest absolute Gasteiger partial charge is 0.493 e. The van der Waals surface area contributed by atoms with Gasteiger partial charge in [-0.05, 0) is 48.9 Å². The highest BCUT2D eigenvalue weighted by Crippen LogP contribution is 2.41. The molecule has 32 heavy (non-hydrogen) atoms. The zero-order valence-corrected chi connectivity index (χ0v) is 18.6. The average molecular weight is 450 g/mol. The lowest BCUT2D eigenvalue weighted by molar-refractivity contribution is 0.0729. The van der Waals surface area contributed by atoms with E-state index >= 15 is 0 Å². The SMILES string of the molecule is COc1cc([C@@H]2NC(=O)c3c(sc4c3CCN(C)C4)N2)ccc1OC(=O)c1ccccc1. The minimum atomic E-state index is -0.459. The van der Waals surface area contributed by atoms with Gasteiger partial charge in [-0.2, -0.15) is 0 Å². The number of carbonyl (C=O) groups excluding carboxylic acids is 2. The highest BCUT2D eigenvalue weighted by Gasteiger charge is 2.33. The fourth-order valence-electron chi connectivity index (χ4n) is 4.09. The van der Waals surface area contributed by atoms with Crippen molar-refractivity contribution in [3.63, 3.8) is 0 Å². The third-order valence-electron chi connectivity index (χ3n) is 5.76. The van der Waals surface area contributed by atoms with Crippen LogP contribution >= 0.6 is 11.3 Å². The van der Waals surface area contributed by atoms with Crippen LogP contribution in [0.2, 0.25) is 0 Å². The molecule has 8 heteroatoms. The van der Waals surface area contributed by atoms with Gasteiger partial charge in [-0.25, -0.2) is 4.79 Å². The summed E-state index contributed by atoms with van der Waals surface area (Å²) in [6.45, 7) is 1.81. The lowest BCUT2D eigenvalue weighted by Crippen LogP contribution is -2.38. The van der Waals surface area contributed by atoms with Crippen LogP contribution in [0.4, 0.5) is 5.00 Å². The van der Waals surface area contributed by atoms with E-state index in [-0.39, 0.29) is 5.91 Å². The molecule has 2 N–H and O–H groups in total. The molecule has 0 fully saturated rings. The first kappa shape index (κ1) is 20.5. The van der Waals surface area contributed by atoms with Gasteiger partial charge >= 0.3 is 5.97 Å². The number of methoxy groups -OCH3 is 1. The van der Waals surface area contributed by atoms with Gasteiger partial charge in [-0.3, -0.25) is 4.79 Å². The van der Waals surface area contributed by atoms with Gasteiger partial charge in [0.2, 0.25) is 0 Å². The summed E-state index contributed by atoms with van der Waals surface area (Å²) < 4.78 is 11.0. The summed E-state index contributed by atoms with van der Waals surface area (Å²) in [7, 11) is 3.62. The average Bonchev–Trinajstić information content (AvgIpc) is 3.17. The zero-order valence-electron chi connectivity index (χ0n) is 17.8. The monoisotopic (exact) mass is 449 g/mol. The Morgan fingerprint density at radius 2 is 1.94 bits per heavy atom. The van der Waals surface area contributed by atoms with E-state index in [0.29, 0.717) is 17.1 Å². The highest BCUT2D eigenvalue weighted by molar-refractivity contribution is 7.16. The summed E-state index contributed by atoms with van der Waals surface area (Å²) in [5.41, 5.74) is 3.20. The number of nitrogens with zero attached hydrogens (tertiary/aromatic N) is 1. The van der Waals surface area contributed by atoms with Crippen LogP contribution < -0.4 is 20.1 Å². The van der Waals surface area contributed by atoms with Crippen LogP contribution in [-0.2, 0) is 13.0 Å². The Morgan fingerprint density at radius 1 is 1.12 bits per heavy atom. The van der Waals surface area contributed by atoms with E-state index in [1.807, 2.05) is 12.1 Å². The quantitative estimate of drug-likeness (QED) is 0.466. The molecule has 2 aromatic carbocycles. The van der Waals surface area contributed by atoms with Crippen LogP contribution in [0.3, 0.4) is 0 Å². The predicted molar refractivity (Wildman–Crippen MR) is 123 cm³/mol. The Morgan fingerprint density at radius 3 is 2.72 bits per heavy atom. The molecule has 2 aliphatic heterocycles. The number of benzene rings is 2. The van der Waals surface area contributed by atoms with E-state index in [0.717, 1.165) is 41.2 Å². The number of hydrogen-bond donors (Lipinski definition) is 2. The van der Waals surface area contributed by atoms with Gasteiger partial charge in [0, 0.05) is 18.0 Å². The summed E-state index contributed by atoms with van der Waals surface area (Å²) in [6.07, 6.45) is 0.479. The number of rotatable bonds is 4. The minimum absolute atomic E-state index is 0.0654. The first-order valence-electron chi connectivity index (χ1n) is 10.4. The molecule has 1 aromatic heterocycles. The van der Waals surface area contributed by atoms with Crippen LogP contribution in [-0.4, -0.2) is 37.5 Å². The molecule has 0 spiro atoms. The molecule has 164 valence electrons. The number of thiophene rings is 1. The van der Waals surface area contributed by atoms with Crippen molar-refractivity contribution in [2.24, 2.45) is 0 Å². The van der Waals surface area contributed by atoms with E-state index in [9.17, 15) is 9.59 Å². The first-order chi connectivity index (χ1) is 15.5. The Labute approximate surface area is 190 Å². The Hall–Kier alpha value is -3.36. The number of esters is 1. The molecule has 3 aromatic rings. The van der Waals surface area contributed by atoms with Crippen molar-refractivity contribution in [2.75, 3.05) is 26.0 Å². The van der Waals surface area contributed by atoms with Crippen molar-refractivity contribution in [2.45, 2.75) is 19.1 Å². The van der Waals surface area contributed by atoms with Crippen LogP contribution in [0.25, 0.3) is 0 Å². The second-order valence-electron chi connectivity index (χ2n) is 7.91. The Kier molecular flexibility index (Phi) is 5.32. The lowest BCUT2D eigenvalue weighted by atomic mass is 10.0. The number of fused-ring (bicyclic) bond motifs is 3. The molecule has 1 atom stereocenters. The van der Waals surface area contributed by atoms with Crippen LogP contribution in [0.15, 0.2) is 48.5 Å². The maximum Gasteiger partial charge on any atom is 0.343 e. The standard InChI is InChI=1S/C24H23N3O4S/c1-27-11-10-16-19(13-27)32-23-20(16)22(28)25-21(26-23)15-8-9-17(18(12-15)30-2)31-24(29)14-6-4-3-5-7-14/h3-9,12,21,26H,10-11,13H2,1-2H3,(H,25,28)/t21-/m1/s1. The topological polar surface area (TPSA) is 79.9 Å². The molecule has 1 amide bonds. The van der Waals surface area contributed by atoms with Crippen molar-refractivity contribution in [1.29, 1.82) is 0 Å². The Bertz CT molecular complexity index is 1190. The maximum atomic E-state index is 12.9. The normalized spacial score (nSPS) is 17.6. The highest BCUT2D eigenvalue weighted by atomic mass is 32.1. The molecular weight excluding hydrogens is 426 g/mol. The summed E-state index contributed by atoms with van der Waals surface area (Å²) in [5.74, 6) is 0.215. The summed E-state index contributed by atoms with van der Waals surface area (Å²) in [4.78, 5) is 28.9. The van der Waals surface area contributed by atoms with Gasteiger partial charge in [0.1, 0.15) is 11.2 Å². The number of carbonyl (C=O) groups is 2. The van der Waals surface area contributed by atoms with Crippen molar-refractivity contribution in [3.8, 4) is 11.5 Å². The van der Waals surface area contributed by atoms with Crippen molar-refractivity contribution in [1.82, 2.24) is 10.2 Å². The molecular formula is C24H23N3O4S. The van der Waals surface area contributed by atoms with E-state index < -0.39 is 12.1 Å². The fraction of sp³-hybridized carbons (Fsp3) is 0.250. The molecule has 0 radical (unpaired) electrons. The van der Waals surface area contributed by atoms with Crippen molar-refractivity contribution < 1.29 is 19.1 Å². The maximum absolute atomic E-state index is 12.9. The summed E-state index contributed by atoms with van der Waals surface area (Å²) >= 11 is 1.65. The van der Waals surface area contributed by atoms with E-state index in [1.54, 1.807) is 47.7 Å².